The molecule has 1 aliphatic heterocycles. The van der Waals surface area contributed by atoms with Crippen LogP contribution in [-0.4, -0.2) is 60.6 Å². The van der Waals surface area contributed by atoms with E-state index in [2.05, 4.69) is 29.9 Å². The Labute approximate surface area is 140 Å². The number of aryl methyl sites for hydroxylation is 1. The number of rotatable bonds is 5. The molecule has 2 aromatic rings. The summed E-state index contributed by atoms with van der Waals surface area (Å²) in [5.41, 5.74) is 0.871. The van der Waals surface area contributed by atoms with Gasteiger partial charge in [-0.2, -0.15) is 9.29 Å². The number of nitrogens with zero attached hydrogens (tertiary/aromatic N) is 5. The van der Waals surface area contributed by atoms with E-state index >= 15 is 0 Å². The number of anilines is 2. The highest BCUT2D eigenvalue weighted by atomic mass is 32.2. The van der Waals surface area contributed by atoms with Gasteiger partial charge in [0.05, 0.1) is 6.20 Å². The fraction of sp³-hybridized carbons (Fsp3) is 0.500. The van der Waals surface area contributed by atoms with Crippen molar-refractivity contribution in [3.63, 3.8) is 0 Å². The Kier molecular flexibility index (Phi) is 4.67. The molecule has 1 fully saturated rings. The summed E-state index contributed by atoms with van der Waals surface area (Å²) in [5.74, 6) is 1.40. The zero-order valence-electron chi connectivity index (χ0n) is 13.6. The minimum Gasteiger partial charge on any atom is -0.363 e. The Hall–Kier alpha value is -2.20. The van der Waals surface area contributed by atoms with Crippen LogP contribution in [0, 0.1) is 6.92 Å². The summed E-state index contributed by atoms with van der Waals surface area (Å²) in [6.07, 6.45) is 2.37. The number of aromatic nitrogens is 3. The first-order chi connectivity index (χ1) is 11.5. The molecule has 0 unspecified atom stereocenters. The molecule has 0 bridgehead atoms. The average Bonchev–Trinajstić information content (AvgIpc) is 3.10. The molecule has 9 nitrogen and oxygen atoms in total. The molecule has 1 aliphatic rings. The van der Waals surface area contributed by atoms with Gasteiger partial charge in [0.15, 0.2) is 0 Å². The molecule has 3 heterocycles. The van der Waals surface area contributed by atoms with Crippen LogP contribution in [0.2, 0.25) is 0 Å². The fourth-order valence-electron chi connectivity index (χ4n) is 2.58. The molecule has 0 spiro atoms. The number of hydrogen-bond donors (Lipinski definition) is 1. The second-order valence-electron chi connectivity index (χ2n) is 5.47. The lowest BCUT2D eigenvalue weighted by molar-refractivity contribution is 0.382. The third-order valence-corrected chi connectivity index (χ3v) is 5.63. The lowest BCUT2D eigenvalue weighted by atomic mass is 10.3. The largest absolute Gasteiger partial charge is 0.363 e. The van der Waals surface area contributed by atoms with Crippen molar-refractivity contribution in [1.29, 1.82) is 0 Å². The van der Waals surface area contributed by atoms with E-state index < -0.39 is 10.0 Å². The smallest absolute Gasteiger partial charge is 0.248 e. The van der Waals surface area contributed by atoms with E-state index in [9.17, 15) is 8.42 Å². The molecule has 3 rings (SSSR count). The zero-order chi connectivity index (χ0) is 17.2. The second kappa shape index (κ2) is 6.73. The maximum atomic E-state index is 12.5. The highest BCUT2D eigenvalue weighted by Crippen LogP contribution is 2.21. The molecule has 130 valence electrons. The van der Waals surface area contributed by atoms with Crippen LogP contribution in [0.5, 0.6) is 0 Å². The van der Waals surface area contributed by atoms with E-state index in [4.69, 9.17) is 0 Å². The third kappa shape index (κ3) is 3.34. The van der Waals surface area contributed by atoms with Gasteiger partial charge in [-0.15, -0.1) is 0 Å². The molecule has 24 heavy (non-hydrogen) atoms. The van der Waals surface area contributed by atoms with Gasteiger partial charge in [0.2, 0.25) is 16.0 Å². The van der Waals surface area contributed by atoms with Crippen molar-refractivity contribution in [2.75, 3.05) is 42.9 Å². The lowest BCUT2D eigenvalue weighted by Crippen LogP contribution is -2.48. The minimum atomic E-state index is -3.54. The van der Waals surface area contributed by atoms with E-state index in [0.29, 0.717) is 32.1 Å². The molecule has 1 N–H and O–H groups in total. The fourth-order valence-corrected chi connectivity index (χ4v) is 3.86. The highest BCUT2D eigenvalue weighted by molar-refractivity contribution is 7.89. The Balaban J connectivity index is 1.71. The van der Waals surface area contributed by atoms with Gasteiger partial charge in [-0.25, -0.2) is 13.4 Å². The van der Waals surface area contributed by atoms with Crippen LogP contribution in [0.3, 0.4) is 0 Å². The van der Waals surface area contributed by atoms with Gasteiger partial charge in [0.1, 0.15) is 17.0 Å². The van der Waals surface area contributed by atoms with Crippen LogP contribution in [0.15, 0.2) is 27.9 Å². The lowest BCUT2D eigenvalue weighted by Gasteiger charge is -2.34. The molecular weight excluding hydrogens is 332 g/mol. The first-order valence-corrected chi connectivity index (χ1v) is 9.18. The van der Waals surface area contributed by atoms with Crippen LogP contribution >= 0.6 is 0 Å². The molecule has 0 amide bonds. The molecular formula is C14H20N6O3S. The molecule has 0 aromatic carbocycles. The van der Waals surface area contributed by atoms with E-state index in [1.165, 1.54) is 10.5 Å². The zero-order valence-corrected chi connectivity index (χ0v) is 14.5. The maximum Gasteiger partial charge on any atom is 0.248 e. The van der Waals surface area contributed by atoms with Gasteiger partial charge in [-0.3, -0.25) is 0 Å². The Morgan fingerprint density at radius 2 is 2.00 bits per heavy atom. The Bertz CT molecular complexity index is 785. The van der Waals surface area contributed by atoms with Crippen molar-refractivity contribution in [2.45, 2.75) is 18.7 Å². The van der Waals surface area contributed by atoms with Crippen molar-refractivity contribution in [3.8, 4) is 0 Å². The number of hydrogen-bond acceptors (Lipinski definition) is 8. The summed E-state index contributed by atoms with van der Waals surface area (Å²) in [7, 11) is -3.54. The molecule has 0 atom stereocenters. The molecule has 0 saturated carbocycles. The summed E-state index contributed by atoms with van der Waals surface area (Å²) in [6, 6.07) is 1.91. The molecule has 10 heteroatoms. The standard InChI is InChI=1S/C14H20N6O3S/c1-3-15-14-17-11(2)8-13(18-14)19-4-6-20(7-5-19)24(21,22)12-9-16-23-10-12/h8-10H,3-7H2,1-2H3,(H,15,17,18). The van der Waals surface area contributed by atoms with Gasteiger partial charge in [-0.05, 0) is 13.8 Å². The van der Waals surface area contributed by atoms with Gasteiger partial charge in [0, 0.05) is 44.5 Å². The van der Waals surface area contributed by atoms with Gasteiger partial charge in [-0.1, -0.05) is 5.16 Å². The van der Waals surface area contributed by atoms with Gasteiger partial charge in [0.25, 0.3) is 0 Å². The van der Waals surface area contributed by atoms with Crippen molar-refractivity contribution >= 4 is 21.8 Å². The Morgan fingerprint density at radius 3 is 2.62 bits per heavy atom. The van der Waals surface area contributed by atoms with Crippen molar-refractivity contribution < 1.29 is 12.9 Å². The molecule has 0 radical (unpaired) electrons. The monoisotopic (exact) mass is 352 g/mol. The van der Waals surface area contributed by atoms with Crippen LogP contribution in [-0.2, 0) is 10.0 Å². The summed E-state index contributed by atoms with van der Waals surface area (Å²) in [4.78, 5) is 11.0. The predicted molar refractivity (Wildman–Crippen MR) is 88.4 cm³/mol. The maximum absolute atomic E-state index is 12.5. The first-order valence-electron chi connectivity index (χ1n) is 7.74. The van der Waals surface area contributed by atoms with Crippen LogP contribution in [0.25, 0.3) is 0 Å². The number of piperazine rings is 1. The van der Waals surface area contributed by atoms with E-state index in [1.54, 1.807) is 0 Å². The highest BCUT2D eigenvalue weighted by Gasteiger charge is 2.30. The summed E-state index contributed by atoms with van der Waals surface area (Å²) in [5, 5.41) is 6.57. The SMILES string of the molecule is CCNc1nc(C)cc(N2CCN(S(=O)(=O)c3cnoc3)CC2)n1. The molecule has 1 saturated heterocycles. The van der Waals surface area contributed by atoms with Gasteiger partial charge >= 0.3 is 0 Å². The van der Waals surface area contributed by atoms with E-state index in [0.717, 1.165) is 24.3 Å². The van der Waals surface area contributed by atoms with Crippen LogP contribution in [0.4, 0.5) is 11.8 Å². The number of nitrogens with one attached hydrogen (secondary N) is 1. The third-order valence-electron chi connectivity index (χ3n) is 3.79. The second-order valence-corrected chi connectivity index (χ2v) is 7.41. The normalized spacial score (nSPS) is 16.3. The average molecular weight is 352 g/mol. The van der Waals surface area contributed by atoms with Crippen molar-refractivity contribution in [1.82, 2.24) is 19.4 Å². The first kappa shape index (κ1) is 16.7. The summed E-state index contributed by atoms with van der Waals surface area (Å²) < 4.78 is 31.0. The molecule has 0 aliphatic carbocycles. The predicted octanol–water partition coefficient (Wildman–Crippen LogP) is 0.716. The van der Waals surface area contributed by atoms with Gasteiger partial charge < -0.3 is 14.7 Å². The van der Waals surface area contributed by atoms with Crippen LogP contribution < -0.4 is 10.2 Å². The summed E-state index contributed by atoms with van der Waals surface area (Å²) >= 11 is 0. The van der Waals surface area contributed by atoms with Crippen molar-refractivity contribution in [3.05, 3.63) is 24.2 Å². The molecule has 2 aromatic heterocycles. The van der Waals surface area contributed by atoms with E-state index in [-0.39, 0.29) is 4.90 Å². The topological polar surface area (TPSA) is 104 Å². The van der Waals surface area contributed by atoms with E-state index in [1.807, 2.05) is 19.9 Å². The summed E-state index contributed by atoms with van der Waals surface area (Å²) in [6.45, 7) is 6.53. The Morgan fingerprint density at radius 1 is 1.25 bits per heavy atom. The van der Waals surface area contributed by atoms with Crippen LogP contribution in [0.1, 0.15) is 12.6 Å². The minimum absolute atomic E-state index is 0.0864. The van der Waals surface area contributed by atoms with Crippen molar-refractivity contribution in [2.24, 2.45) is 0 Å². The number of sulfonamides is 1. The quantitative estimate of drug-likeness (QED) is 0.839.